The van der Waals surface area contributed by atoms with Gasteiger partial charge in [0.15, 0.2) is 0 Å². The van der Waals surface area contributed by atoms with Gasteiger partial charge in [0.25, 0.3) is 5.91 Å². The molecule has 1 fully saturated rings. The molecule has 1 heterocycles. The van der Waals surface area contributed by atoms with Crippen LogP contribution in [0.5, 0.6) is 0 Å². The van der Waals surface area contributed by atoms with Gasteiger partial charge in [-0.25, -0.2) is 0 Å². The van der Waals surface area contributed by atoms with Crippen LogP contribution in [0.1, 0.15) is 31.7 Å². The average molecular weight is 273 g/mol. The summed E-state index contributed by atoms with van der Waals surface area (Å²) >= 11 is 0. The van der Waals surface area contributed by atoms with Crippen LogP contribution in [0.3, 0.4) is 0 Å². The molecule has 1 atom stereocenters. The SMILES string of the molecule is CC1(C(=O)Nc2ccc(C#CCCO)cc2)CCCO1. The van der Waals surface area contributed by atoms with Crippen molar-refractivity contribution in [1.29, 1.82) is 0 Å². The molecule has 1 aliphatic rings. The van der Waals surface area contributed by atoms with Crippen LogP contribution in [-0.4, -0.2) is 29.8 Å². The maximum atomic E-state index is 12.1. The molecule has 0 spiro atoms. The molecule has 2 rings (SSSR count). The van der Waals surface area contributed by atoms with Crippen molar-refractivity contribution >= 4 is 11.6 Å². The Bertz CT molecular complexity index is 519. The normalized spacial score (nSPS) is 21.1. The summed E-state index contributed by atoms with van der Waals surface area (Å²) in [6.07, 6.45) is 2.14. The maximum absolute atomic E-state index is 12.1. The summed E-state index contributed by atoms with van der Waals surface area (Å²) in [5.74, 6) is 5.69. The van der Waals surface area contributed by atoms with Crippen LogP contribution in [0.25, 0.3) is 0 Å². The minimum absolute atomic E-state index is 0.0692. The molecule has 1 amide bonds. The molecule has 20 heavy (non-hydrogen) atoms. The number of aliphatic hydroxyl groups excluding tert-OH is 1. The van der Waals surface area contributed by atoms with Gasteiger partial charge in [-0.3, -0.25) is 4.79 Å². The molecule has 1 aromatic rings. The largest absolute Gasteiger partial charge is 0.395 e. The van der Waals surface area contributed by atoms with E-state index in [-0.39, 0.29) is 12.5 Å². The molecule has 0 bridgehead atoms. The summed E-state index contributed by atoms with van der Waals surface area (Å²) < 4.78 is 5.51. The third kappa shape index (κ3) is 3.60. The molecule has 1 saturated heterocycles. The van der Waals surface area contributed by atoms with E-state index in [2.05, 4.69) is 17.2 Å². The fourth-order valence-corrected chi connectivity index (χ4v) is 2.08. The number of ether oxygens (including phenoxy) is 1. The topological polar surface area (TPSA) is 58.6 Å². The lowest BCUT2D eigenvalue weighted by Crippen LogP contribution is -2.39. The molecule has 2 N–H and O–H groups in total. The molecular weight excluding hydrogens is 254 g/mol. The zero-order valence-corrected chi connectivity index (χ0v) is 11.6. The number of benzene rings is 1. The Morgan fingerprint density at radius 2 is 2.20 bits per heavy atom. The number of nitrogens with one attached hydrogen (secondary N) is 1. The van der Waals surface area contributed by atoms with Crippen molar-refractivity contribution in [1.82, 2.24) is 0 Å². The summed E-state index contributed by atoms with van der Waals surface area (Å²) in [4.78, 5) is 12.1. The number of anilines is 1. The van der Waals surface area contributed by atoms with Gasteiger partial charge in [0, 0.05) is 24.3 Å². The Kier molecular flexibility index (Phi) is 4.78. The monoisotopic (exact) mass is 273 g/mol. The summed E-state index contributed by atoms with van der Waals surface area (Å²) in [5.41, 5.74) is 0.888. The lowest BCUT2D eigenvalue weighted by Gasteiger charge is -2.21. The van der Waals surface area contributed by atoms with Gasteiger partial charge in [0.05, 0.1) is 6.61 Å². The van der Waals surface area contributed by atoms with Crippen LogP contribution >= 0.6 is 0 Å². The molecule has 1 aliphatic heterocycles. The van der Waals surface area contributed by atoms with Crippen molar-refractivity contribution in [3.8, 4) is 11.8 Å². The molecule has 4 heteroatoms. The van der Waals surface area contributed by atoms with Gasteiger partial charge >= 0.3 is 0 Å². The summed E-state index contributed by atoms with van der Waals surface area (Å²) in [7, 11) is 0. The van der Waals surface area contributed by atoms with Gasteiger partial charge in [0.1, 0.15) is 5.60 Å². The van der Waals surface area contributed by atoms with Crippen molar-refractivity contribution in [3.05, 3.63) is 29.8 Å². The van der Waals surface area contributed by atoms with Gasteiger partial charge in [-0.2, -0.15) is 0 Å². The number of amides is 1. The van der Waals surface area contributed by atoms with Crippen molar-refractivity contribution in [2.75, 3.05) is 18.5 Å². The van der Waals surface area contributed by atoms with Crippen molar-refractivity contribution in [2.45, 2.75) is 31.8 Å². The number of hydrogen-bond donors (Lipinski definition) is 2. The smallest absolute Gasteiger partial charge is 0.256 e. The molecule has 1 unspecified atom stereocenters. The highest BCUT2D eigenvalue weighted by atomic mass is 16.5. The molecule has 0 aliphatic carbocycles. The Labute approximate surface area is 119 Å². The number of carbonyl (C=O) groups is 1. The summed E-state index contributed by atoms with van der Waals surface area (Å²) in [5, 5.41) is 11.5. The van der Waals surface area contributed by atoms with E-state index in [0.29, 0.717) is 13.0 Å². The van der Waals surface area contributed by atoms with Gasteiger partial charge in [-0.05, 0) is 44.0 Å². The number of rotatable bonds is 3. The molecule has 0 aromatic heterocycles. The van der Waals surface area contributed by atoms with E-state index in [1.807, 2.05) is 31.2 Å². The van der Waals surface area contributed by atoms with E-state index in [9.17, 15) is 4.79 Å². The first-order chi connectivity index (χ1) is 9.64. The van der Waals surface area contributed by atoms with Crippen LogP contribution < -0.4 is 5.32 Å². The second-order valence-electron chi connectivity index (χ2n) is 4.99. The van der Waals surface area contributed by atoms with Crippen LogP contribution in [0.2, 0.25) is 0 Å². The van der Waals surface area contributed by atoms with Crippen LogP contribution in [0.4, 0.5) is 5.69 Å². The fourth-order valence-electron chi connectivity index (χ4n) is 2.08. The Hall–Kier alpha value is -1.83. The van der Waals surface area contributed by atoms with Gasteiger partial charge < -0.3 is 15.2 Å². The van der Waals surface area contributed by atoms with Crippen molar-refractivity contribution in [2.24, 2.45) is 0 Å². The first-order valence-electron chi connectivity index (χ1n) is 6.79. The second-order valence-corrected chi connectivity index (χ2v) is 4.99. The lowest BCUT2D eigenvalue weighted by molar-refractivity contribution is -0.133. The van der Waals surface area contributed by atoms with E-state index in [1.165, 1.54) is 0 Å². The molecule has 106 valence electrons. The average Bonchev–Trinajstić information content (AvgIpc) is 2.89. The van der Waals surface area contributed by atoms with Gasteiger partial charge in [-0.1, -0.05) is 11.8 Å². The standard InChI is InChI=1S/C16H19NO3/c1-16(10-4-12-20-16)15(19)17-14-8-6-13(7-9-14)5-2-3-11-18/h6-9,18H,3-4,10-12H2,1H3,(H,17,19). The predicted molar refractivity (Wildman–Crippen MR) is 77.2 cm³/mol. The van der Waals surface area contributed by atoms with Crippen molar-refractivity contribution in [3.63, 3.8) is 0 Å². The van der Waals surface area contributed by atoms with E-state index in [4.69, 9.17) is 9.84 Å². The number of aliphatic hydroxyl groups is 1. The maximum Gasteiger partial charge on any atom is 0.256 e. The van der Waals surface area contributed by atoms with E-state index >= 15 is 0 Å². The first-order valence-corrected chi connectivity index (χ1v) is 6.79. The zero-order valence-electron chi connectivity index (χ0n) is 11.6. The third-order valence-electron chi connectivity index (χ3n) is 3.31. The highest BCUT2D eigenvalue weighted by Gasteiger charge is 2.37. The quantitative estimate of drug-likeness (QED) is 0.827. The zero-order chi connectivity index (χ0) is 14.4. The van der Waals surface area contributed by atoms with Crippen LogP contribution in [-0.2, 0) is 9.53 Å². The molecule has 0 saturated carbocycles. The van der Waals surface area contributed by atoms with Gasteiger partial charge in [0.2, 0.25) is 0 Å². The van der Waals surface area contributed by atoms with E-state index in [0.717, 1.165) is 24.1 Å². The molecule has 1 aromatic carbocycles. The predicted octanol–water partition coefficient (Wildman–Crippen LogP) is 1.93. The van der Waals surface area contributed by atoms with Gasteiger partial charge in [-0.15, -0.1) is 0 Å². The van der Waals surface area contributed by atoms with Crippen LogP contribution in [0.15, 0.2) is 24.3 Å². The number of carbonyl (C=O) groups excluding carboxylic acids is 1. The second kappa shape index (κ2) is 6.56. The summed E-state index contributed by atoms with van der Waals surface area (Å²) in [6.45, 7) is 2.53. The Morgan fingerprint density at radius 3 is 2.80 bits per heavy atom. The fraction of sp³-hybridized carbons (Fsp3) is 0.438. The molecule has 4 nitrogen and oxygen atoms in total. The Morgan fingerprint density at radius 1 is 1.45 bits per heavy atom. The third-order valence-corrected chi connectivity index (χ3v) is 3.31. The highest BCUT2D eigenvalue weighted by Crippen LogP contribution is 2.26. The molecule has 0 radical (unpaired) electrons. The van der Waals surface area contributed by atoms with E-state index < -0.39 is 5.60 Å². The minimum Gasteiger partial charge on any atom is -0.395 e. The van der Waals surface area contributed by atoms with Crippen molar-refractivity contribution < 1.29 is 14.6 Å². The first kappa shape index (κ1) is 14.6. The minimum atomic E-state index is -0.709. The summed E-state index contributed by atoms with van der Waals surface area (Å²) in [6, 6.07) is 7.33. The lowest BCUT2D eigenvalue weighted by atomic mass is 10.0. The van der Waals surface area contributed by atoms with Crippen LogP contribution in [0, 0.1) is 11.8 Å². The Balaban J connectivity index is 1.97. The van der Waals surface area contributed by atoms with E-state index in [1.54, 1.807) is 0 Å². The molecular formula is C16H19NO3. The number of hydrogen-bond acceptors (Lipinski definition) is 3. The highest BCUT2D eigenvalue weighted by molar-refractivity contribution is 5.97.